The van der Waals surface area contributed by atoms with Crippen LogP contribution in [0.4, 0.5) is 5.69 Å². The molecule has 1 N–H and O–H groups in total. The summed E-state index contributed by atoms with van der Waals surface area (Å²) in [5, 5.41) is 7.78. The fourth-order valence-electron chi connectivity index (χ4n) is 3.48. The summed E-state index contributed by atoms with van der Waals surface area (Å²) in [5.74, 6) is -0.295. The quantitative estimate of drug-likeness (QED) is 0.367. The third-order valence-corrected chi connectivity index (χ3v) is 5.50. The number of benzene rings is 3. The number of ether oxygens (including phenoxy) is 2. The number of halogens is 1. The van der Waals surface area contributed by atoms with Crippen LogP contribution in [-0.4, -0.2) is 35.9 Å². The molecule has 0 aliphatic rings. The average molecular weight is 476 g/mol. The molecule has 1 amide bonds. The number of nitrogens with zero attached hydrogens (tertiary/aromatic N) is 2. The molecule has 0 atom stereocenters. The largest absolute Gasteiger partial charge is 0.497 e. The van der Waals surface area contributed by atoms with Crippen molar-refractivity contribution >= 4 is 29.2 Å². The summed E-state index contributed by atoms with van der Waals surface area (Å²) >= 11 is 6.28. The molecule has 0 aliphatic heterocycles. The maximum Gasteiger partial charge on any atom is 0.337 e. The Kier molecular flexibility index (Phi) is 6.94. The summed E-state index contributed by atoms with van der Waals surface area (Å²) in [6.07, 6.45) is 1.69. The Balaban J connectivity index is 1.72. The Labute approximate surface area is 201 Å². The Hall–Kier alpha value is -4.10. The second kappa shape index (κ2) is 10.2. The maximum absolute atomic E-state index is 13.4. The summed E-state index contributed by atoms with van der Waals surface area (Å²) in [5.41, 5.74) is 3.18. The molecule has 1 heterocycles. The summed E-state index contributed by atoms with van der Waals surface area (Å²) in [6, 6.07) is 21.7. The number of carbonyl (C=O) groups is 2. The Morgan fingerprint density at radius 3 is 2.53 bits per heavy atom. The molecular formula is C26H22ClN3O4. The first-order chi connectivity index (χ1) is 16.5. The van der Waals surface area contributed by atoms with Crippen molar-refractivity contribution in [2.24, 2.45) is 0 Å². The highest BCUT2D eigenvalue weighted by molar-refractivity contribution is 6.34. The molecule has 0 fully saturated rings. The zero-order valence-electron chi connectivity index (χ0n) is 18.6. The SMILES string of the molecule is COC(=O)c1ccc(Cl)c(NC(=O)c2cn(Cc3ccccc3)nc2-c2cccc(OC)c2)c1. The molecule has 34 heavy (non-hydrogen) atoms. The van der Waals surface area contributed by atoms with Crippen LogP contribution in [-0.2, 0) is 11.3 Å². The van der Waals surface area contributed by atoms with Crippen molar-refractivity contribution in [2.45, 2.75) is 6.54 Å². The monoisotopic (exact) mass is 475 g/mol. The number of methoxy groups -OCH3 is 2. The molecule has 172 valence electrons. The van der Waals surface area contributed by atoms with E-state index in [1.807, 2.05) is 54.6 Å². The number of hydrogen-bond acceptors (Lipinski definition) is 5. The van der Waals surface area contributed by atoms with E-state index in [1.54, 1.807) is 18.0 Å². The van der Waals surface area contributed by atoms with Gasteiger partial charge in [-0.1, -0.05) is 54.1 Å². The molecule has 3 aromatic carbocycles. The predicted molar refractivity (Wildman–Crippen MR) is 131 cm³/mol. The van der Waals surface area contributed by atoms with Crippen LogP contribution in [0, 0.1) is 0 Å². The van der Waals surface area contributed by atoms with Gasteiger partial charge in [-0.05, 0) is 35.9 Å². The molecule has 0 bridgehead atoms. The van der Waals surface area contributed by atoms with Crippen LogP contribution in [0.15, 0.2) is 79.0 Å². The molecule has 7 nitrogen and oxygen atoms in total. The smallest absolute Gasteiger partial charge is 0.337 e. The number of aromatic nitrogens is 2. The van der Waals surface area contributed by atoms with E-state index < -0.39 is 11.9 Å². The van der Waals surface area contributed by atoms with Crippen molar-refractivity contribution in [2.75, 3.05) is 19.5 Å². The lowest BCUT2D eigenvalue weighted by molar-refractivity contribution is 0.0600. The van der Waals surface area contributed by atoms with Crippen molar-refractivity contribution in [3.05, 3.63) is 101 Å². The number of amides is 1. The molecule has 4 aromatic rings. The van der Waals surface area contributed by atoms with E-state index in [1.165, 1.54) is 25.3 Å². The number of hydrogen-bond donors (Lipinski definition) is 1. The normalized spacial score (nSPS) is 10.6. The maximum atomic E-state index is 13.4. The molecule has 0 spiro atoms. The molecule has 0 saturated carbocycles. The minimum atomic E-state index is -0.528. The number of rotatable bonds is 7. The zero-order valence-corrected chi connectivity index (χ0v) is 19.4. The highest BCUT2D eigenvalue weighted by Crippen LogP contribution is 2.29. The van der Waals surface area contributed by atoms with Gasteiger partial charge >= 0.3 is 5.97 Å². The molecule has 8 heteroatoms. The lowest BCUT2D eigenvalue weighted by Gasteiger charge is -2.09. The van der Waals surface area contributed by atoms with Gasteiger partial charge in [-0.2, -0.15) is 5.10 Å². The van der Waals surface area contributed by atoms with Gasteiger partial charge in [-0.25, -0.2) is 4.79 Å². The standard InChI is InChI=1S/C26H22ClN3O4/c1-33-20-10-6-9-18(13-20)24-21(16-30(29-24)15-17-7-4-3-5-8-17)25(31)28-23-14-19(26(32)34-2)11-12-22(23)27/h3-14,16H,15H2,1-2H3,(H,28,31). The summed E-state index contributed by atoms with van der Waals surface area (Å²) in [6.45, 7) is 0.490. The Morgan fingerprint density at radius 2 is 1.79 bits per heavy atom. The zero-order chi connectivity index (χ0) is 24.1. The predicted octanol–water partition coefficient (Wildman–Crippen LogP) is 5.30. The van der Waals surface area contributed by atoms with Crippen molar-refractivity contribution in [3.63, 3.8) is 0 Å². The van der Waals surface area contributed by atoms with Gasteiger partial charge < -0.3 is 14.8 Å². The van der Waals surface area contributed by atoms with Crippen LogP contribution >= 0.6 is 11.6 Å². The first-order valence-electron chi connectivity index (χ1n) is 10.4. The van der Waals surface area contributed by atoms with Gasteiger partial charge in [0.05, 0.1) is 42.6 Å². The van der Waals surface area contributed by atoms with Crippen molar-refractivity contribution < 1.29 is 19.1 Å². The second-order valence-electron chi connectivity index (χ2n) is 7.45. The summed E-state index contributed by atoms with van der Waals surface area (Å²) < 4.78 is 11.8. The fraction of sp³-hybridized carbons (Fsp3) is 0.115. The number of anilines is 1. The molecule has 4 rings (SSSR count). The average Bonchev–Trinajstić information content (AvgIpc) is 3.29. The minimum absolute atomic E-state index is 0.273. The van der Waals surface area contributed by atoms with E-state index in [4.69, 9.17) is 21.1 Å². The molecule has 1 aromatic heterocycles. The lowest BCUT2D eigenvalue weighted by Crippen LogP contribution is -2.13. The molecular weight excluding hydrogens is 454 g/mol. The first-order valence-corrected chi connectivity index (χ1v) is 10.8. The number of nitrogens with one attached hydrogen (secondary N) is 1. The van der Waals surface area contributed by atoms with Gasteiger partial charge in [0, 0.05) is 11.8 Å². The number of carbonyl (C=O) groups excluding carboxylic acids is 2. The van der Waals surface area contributed by atoms with Crippen LogP contribution in [0.3, 0.4) is 0 Å². The molecule has 0 aliphatic carbocycles. The van der Waals surface area contributed by atoms with Crippen LogP contribution < -0.4 is 10.1 Å². The van der Waals surface area contributed by atoms with Gasteiger partial charge in [0.25, 0.3) is 5.91 Å². The van der Waals surface area contributed by atoms with Crippen LogP contribution in [0.2, 0.25) is 5.02 Å². The molecule has 0 radical (unpaired) electrons. The Morgan fingerprint density at radius 1 is 1.00 bits per heavy atom. The van der Waals surface area contributed by atoms with E-state index >= 15 is 0 Å². The summed E-state index contributed by atoms with van der Waals surface area (Å²) in [4.78, 5) is 25.3. The second-order valence-corrected chi connectivity index (χ2v) is 7.85. The highest BCUT2D eigenvalue weighted by atomic mass is 35.5. The molecule has 0 saturated heterocycles. The topological polar surface area (TPSA) is 82.5 Å². The van der Waals surface area contributed by atoms with E-state index in [2.05, 4.69) is 10.4 Å². The van der Waals surface area contributed by atoms with Crippen LogP contribution in [0.1, 0.15) is 26.3 Å². The Bertz CT molecular complexity index is 1340. The van der Waals surface area contributed by atoms with E-state index in [-0.39, 0.29) is 5.56 Å². The lowest BCUT2D eigenvalue weighted by atomic mass is 10.1. The van der Waals surface area contributed by atoms with E-state index in [0.717, 1.165) is 11.1 Å². The first kappa shape index (κ1) is 23.1. The van der Waals surface area contributed by atoms with Gasteiger partial charge in [-0.3, -0.25) is 9.48 Å². The third kappa shape index (κ3) is 5.10. The van der Waals surface area contributed by atoms with E-state index in [9.17, 15) is 9.59 Å². The highest BCUT2D eigenvalue weighted by Gasteiger charge is 2.20. The third-order valence-electron chi connectivity index (χ3n) is 5.17. The minimum Gasteiger partial charge on any atom is -0.497 e. The van der Waals surface area contributed by atoms with Gasteiger partial charge in [0.15, 0.2) is 0 Å². The van der Waals surface area contributed by atoms with Gasteiger partial charge in [0.2, 0.25) is 0 Å². The van der Waals surface area contributed by atoms with Crippen LogP contribution in [0.5, 0.6) is 5.75 Å². The number of esters is 1. The van der Waals surface area contributed by atoms with Crippen molar-refractivity contribution in [1.82, 2.24) is 9.78 Å². The van der Waals surface area contributed by atoms with Gasteiger partial charge in [0.1, 0.15) is 11.4 Å². The van der Waals surface area contributed by atoms with E-state index in [0.29, 0.717) is 34.3 Å². The van der Waals surface area contributed by atoms with Gasteiger partial charge in [-0.15, -0.1) is 0 Å². The van der Waals surface area contributed by atoms with Crippen molar-refractivity contribution in [3.8, 4) is 17.0 Å². The fourth-order valence-corrected chi connectivity index (χ4v) is 3.64. The van der Waals surface area contributed by atoms with Crippen molar-refractivity contribution in [1.29, 1.82) is 0 Å². The van der Waals surface area contributed by atoms with Crippen LogP contribution in [0.25, 0.3) is 11.3 Å². The summed E-state index contributed by atoms with van der Waals surface area (Å²) in [7, 11) is 2.87. The molecule has 0 unspecified atom stereocenters.